The number of fused-ring (bicyclic) bond motifs is 1. The molecular formula is C15H18N4O2. The molecule has 21 heavy (non-hydrogen) atoms. The number of rotatable bonds is 4. The number of anilines is 1. The summed E-state index contributed by atoms with van der Waals surface area (Å²) in [5.74, 6) is -0.200. The van der Waals surface area contributed by atoms with Gasteiger partial charge in [0.05, 0.1) is 10.9 Å². The van der Waals surface area contributed by atoms with Gasteiger partial charge in [-0.3, -0.25) is 4.79 Å². The minimum Gasteiger partial charge on any atom is -0.481 e. The summed E-state index contributed by atoms with van der Waals surface area (Å²) in [6.45, 7) is 3.13. The number of nitrogens with zero attached hydrogens (tertiary/aromatic N) is 4. The topological polar surface area (TPSA) is 79.2 Å². The summed E-state index contributed by atoms with van der Waals surface area (Å²) in [5.41, 5.74) is 0.855. The average molecular weight is 286 g/mol. The largest absolute Gasteiger partial charge is 0.481 e. The van der Waals surface area contributed by atoms with Crippen LogP contribution in [-0.4, -0.2) is 39.3 Å². The first kappa shape index (κ1) is 13.7. The SMILES string of the molecule is CCCC1(C(=O)O)CCN(c2nnc3ccccc3n2)C1. The molecule has 0 spiro atoms. The molecule has 1 aliphatic heterocycles. The minimum absolute atomic E-state index is 0.455. The average Bonchev–Trinajstić information content (AvgIpc) is 2.93. The van der Waals surface area contributed by atoms with Crippen molar-refractivity contribution >= 4 is 23.0 Å². The van der Waals surface area contributed by atoms with Gasteiger partial charge in [0.2, 0.25) is 5.95 Å². The van der Waals surface area contributed by atoms with E-state index in [-0.39, 0.29) is 0 Å². The summed E-state index contributed by atoms with van der Waals surface area (Å²) in [6.07, 6.45) is 2.17. The first-order valence-corrected chi connectivity index (χ1v) is 7.22. The van der Waals surface area contributed by atoms with Crippen molar-refractivity contribution in [3.05, 3.63) is 24.3 Å². The second kappa shape index (κ2) is 5.27. The highest BCUT2D eigenvalue weighted by molar-refractivity contribution is 5.77. The van der Waals surface area contributed by atoms with Crippen LogP contribution in [0, 0.1) is 5.41 Å². The van der Waals surface area contributed by atoms with Crippen molar-refractivity contribution in [3.63, 3.8) is 0 Å². The molecule has 0 bridgehead atoms. The smallest absolute Gasteiger partial charge is 0.311 e. The van der Waals surface area contributed by atoms with Gasteiger partial charge in [-0.05, 0) is 25.0 Å². The quantitative estimate of drug-likeness (QED) is 0.927. The van der Waals surface area contributed by atoms with E-state index < -0.39 is 11.4 Å². The molecular weight excluding hydrogens is 268 g/mol. The number of benzene rings is 1. The van der Waals surface area contributed by atoms with Gasteiger partial charge in [0.1, 0.15) is 5.52 Å². The lowest BCUT2D eigenvalue weighted by molar-refractivity contribution is -0.148. The van der Waals surface area contributed by atoms with Gasteiger partial charge in [0, 0.05) is 13.1 Å². The van der Waals surface area contributed by atoms with E-state index in [0.717, 1.165) is 17.5 Å². The number of para-hydroxylation sites is 1. The Morgan fingerprint density at radius 3 is 2.81 bits per heavy atom. The van der Waals surface area contributed by atoms with Gasteiger partial charge in [0.25, 0.3) is 0 Å². The molecule has 3 rings (SSSR count). The van der Waals surface area contributed by atoms with Crippen molar-refractivity contribution in [3.8, 4) is 0 Å². The highest BCUT2D eigenvalue weighted by Gasteiger charge is 2.44. The number of hydrogen-bond donors (Lipinski definition) is 1. The molecule has 1 fully saturated rings. The maximum atomic E-state index is 11.6. The second-order valence-electron chi connectivity index (χ2n) is 5.61. The summed E-state index contributed by atoms with van der Waals surface area (Å²) < 4.78 is 0. The molecule has 0 saturated carbocycles. The van der Waals surface area contributed by atoms with Crippen LogP contribution in [0.1, 0.15) is 26.2 Å². The molecule has 0 amide bonds. The Hall–Kier alpha value is -2.24. The Morgan fingerprint density at radius 2 is 2.10 bits per heavy atom. The van der Waals surface area contributed by atoms with Crippen LogP contribution in [0.3, 0.4) is 0 Å². The number of carboxylic acids is 1. The fourth-order valence-corrected chi connectivity index (χ4v) is 3.01. The van der Waals surface area contributed by atoms with Crippen LogP contribution in [0.2, 0.25) is 0 Å². The molecule has 1 aliphatic rings. The van der Waals surface area contributed by atoms with Crippen LogP contribution in [0.4, 0.5) is 5.95 Å². The molecule has 2 aromatic rings. The van der Waals surface area contributed by atoms with E-state index in [2.05, 4.69) is 15.2 Å². The van der Waals surface area contributed by atoms with Crippen LogP contribution in [0.15, 0.2) is 24.3 Å². The van der Waals surface area contributed by atoms with Crippen molar-refractivity contribution in [1.29, 1.82) is 0 Å². The lowest BCUT2D eigenvalue weighted by Crippen LogP contribution is -2.35. The number of aliphatic carboxylic acids is 1. The summed E-state index contributed by atoms with van der Waals surface area (Å²) in [6, 6.07) is 7.55. The summed E-state index contributed by atoms with van der Waals surface area (Å²) in [7, 11) is 0. The maximum absolute atomic E-state index is 11.6. The fourth-order valence-electron chi connectivity index (χ4n) is 3.01. The summed E-state index contributed by atoms with van der Waals surface area (Å²) in [4.78, 5) is 18.1. The lowest BCUT2D eigenvalue weighted by Gasteiger charge is -2.24. The Bertz CT molecular complexity index is 676. The van der Waals surface area contributed by atoms with E-state index in [1.165, 1.54) is 0 Å². The Kier molecular flexibility index (Phi) is 3.45. The third kappa shape index (κ3) is 2.41. The molecule has 6 nitrogen and oxygen atoms in total. The van der Waals surface area contributed by atoms with Gasteiger partial charge in [-0.25, -0.2) is 4.98 Å². The Morgan fingerprint density at radius 1 is 1.33 bits per heavy atom. The standard InChI is InChI=1S/C15H18N4O2/c1-2-7-15(13(20)21)8-9-19(10-15)14-16-11-5-3-4-6-12(11)17-18-14/h3-6H,2,7-10H2,1H3,(H,20,21). The van der Waals surface area contributed by atoms with Gasteiger partial charge < -0.3 is 10.0 Å². The number of aromatic nitrogens is 3. The van der Waals surface area contributed by atoms with Crippen molar-refractivity contribution in [2.24, 2.45) is 5.41 Å². The monoisotopic (exact) mass is 286 g/mol. The third-order valence-corrected chi connectivity index (χ3v) is 4.17. The zero-order valence-electron chi connectivity index (χ0n) is 12.0. The number of hydrogen-bond acceptors (Lipinski definition) is 5. The zero-order valence-corrected chi connectivity index (χ0v) is 12.0. The summed E-state index contributed by atoms with van der Waals surface area (Å²) >= 11 is 0. The van der Waals surface area contributed by atoms with Crippen molar-refractivity contribution < 1.29 is 9.90 Å². The summed E-state index contributed by atoms with van der Waals surface area (Å²) in [5, 5.41) is 17.9. The van der Waals surface area contributed by atoms with Gasteiger partial charge in [-0.15, -0.1) is 10.2 Å². The normalized spacial score (nSPS) is 21.9. The molecule has 1 unspecified atom stereocenters. The Balaban J connectivity index is 1.88. The molecule has 1 N–H and O–H groups in total. The predicted octanol–water partition coefficient (Wildman–Crippen LogP) is 2.11. The van der Waals surface area contributed by atoms with Crippen LogP contribution in [-0.2, 0) is 4.79 Å². The van der Waals surface area contributed by atoms with Gasteiger partial charge in [-0.2, -0.15) is 0 Å². The minimum atomic E-state index is -0.722. The second-order valence-corrected chi connectivity index (χ2v) is 5.61. The Labute approximate surface area is 122 Å². The first-order valence-electron chi connectivity index (χ1n) is 7.22. The van der Waals surface area contributed by atoms with E-state index in [0.29, 0.717) is 31.9 Å². The van der Waals surface area contributed by atoms with Crippen LogP contribution >= 0.6 is 0 Å². The van der Waals surface area contributed by atoms with E-state index in [1.54, 1.807) is 0 Å². The fraction of sp³-hybridized carbons (Fsp3) is 0.467. The van der Waals surface area contributed by atoms with Gasteiger partial charge in [0.15, 0.2) is 0 Å². The maximum Gasteiger partial charge on any atom is 0.311 e. The van der Waals surface area contributed by atoms with Crippen molar-refractivity contribution in [2.75, 3.05) is 18.0 Å². The van der Waals surface area contributed by atoms with E-state index >= 15 is 0 Å². The molecule has 1 atom stereocenters. The molecule has 6 heteroatoms. The molecule has 110 valence electrons. The molecule has 1 aromatic heterocycles. The highest BCUT2D eigenvalue weighted by atomic mass is 16.4. The highest BCUT2D eigenvalue weighted by Crippen LogP contribution is 2.36. The van der Waals surface area contributed by atoms with Crippen LogP contribution < -0.4 is 4.90 Å². The van der Waals surface area contributed by atoms with Gasteiger partial charge >= 0.3 is 5.97 Å². The third-order valence-electron chi connectivity index (χ3n) is 4.17. The number of carboxylic acid groups (broad SMARTS) is 1. The van der Waals surface area contributed by atoms with Crippen LogP contribution in [0.25, 0.3) is 11.0 Å². The van der Waals surface area contributed by atoms with Crippen molar-refractivity contribution in [2.45, 2.75) is 26.2 Å². The number of carbonyl (C=O) groups is 1. The first-order chi connectivity index (χ1) is 10.1. The predicted molar refractivity (Wildman–Crippen MR) is 79.1 cm³/mol. The van der Waals surface area contributed by atoms with E-state index in [1.807, 2.05) is 36.1 Å². The molecule has 1 aromatic carbocycles. The molecule has 0 radical (unpaired) electrons. The zero-order chi connectivity index (χ0) is 14.9. The van der Waals surface area contributed by atoms with Crippen LogP contribution in [0.5, 0.6) is 0 Å². The van der Waals surface area contributed by atoms with E-state index in [9.17, 15) is 9.90 Å². The molecule has 0 aliphatic carbocycles. The van der Waals surface area contributed by atoms with E-state index in [4.69, 9.17) is 0 Å². The van der Waals surface area contributed by atoms with Gasteiger partial charge in [-0.1, -0.05) is 25.5 Å². The lowest BCUT2D eigenvalue weighted by atomic mass is 9.83. The van der Waals surface area contributed by atoms with Crippen molar-refractivity contribution in [1.82, 2.24) is 15.2 Å². The molecule has 2 heterocycles. The molecule has 1 saturated heterocycles.